The Morgan fingerprint density at radius 3 is 2.89 bits per heavy atom. The summed E-state index contributed by atoms with van der Waals surface area (Å²) in [4.78, 5) is 21.7. The number of benzene rings is 1. The minimum atomic E-state index is -1.15. The van der Waals surface area contributed by atoms with Crippen LogP contribution in [0.1, 0.15) is 0 Å². The molecule has 94 valence electrons. The number of nitrogens with zero attached hydrogens (tertiary/aromatic N) is 2. The van der Waals surface area contributed by atoms with Crippen molar-refractivity contribution in [2.45, 2.75) is 0 Å². The lowest BCUT2D eigenvalue weighted by atomic mass is 10.1. The van der Waals surface area contributed by atoms with Gasteiger partial charge in [-0.25, -0.2) is 9.78 Å². The molecule has 0 aliphatic heterocycles. The summed E-state index contributed by atoms with van der Waals surface area (Å²) >= 11 is 0. The molecule has 0 spiro atoms. The Balaban J connectivity index is 2.03. The molecule has 0 aliphatic rings. The Hall–Kier alpha value is -2.89. The number of carbonyl (C=O) groups is 1. The summed E-state index contributed by atoms with van der Waals surface area (Å²) in [6, 6.07) is 9.49. The molecule has 3 rings (SSSR count). The van der Waals surface area contributed by atoms with Crippen LogP contribution in [0.5, 0.6) is 0 Å². The van der Waals surface area contributed by atoms with E-state index in [1.54, 1.807) is 12.4 Å². The van der Waals surface area contributed by atoms with Crippen LogP contribution >= 0.6 is 0 Å². The molecule has 6 heteroatoms. The first-order valence-electron chi connectivity index (χ1n) is 5.62. The van der Waals surface area contributed by atoms with E-state index in [1.807, 2.05) is 30.3 Å². The van der Waals surface area contributed by atoms with Crippen LogP contribution in [0.15, 0.2) is 42.7 Å². The quantitative estimate of drug-likeness (QED) is 0.655. The Bertz CT molecular complexity index is 737. The van der Waals surface area contributed by atoms with Crippen molar-refractivity contribution < 1.29 is 9.90 Å². The van der Waals surface area contributed by atoms with E-state index in [0.717, 1.165) is 16.6 Å². The van der Waals surface area contributed by atoms with Gasteiger partial charge in [0, 0.05) is 18.0 Å². The Morgan fingerprint density at radius 1 is 1.26 bits per heavy atom. The van der Waals surface area contributed by atoms with Crippen LogP contribution in [0, 0.1) is 0 Å². The van der Waals surface area contributed by atoms with Crippen LogP contribution in [-0.4, -0.2) is 26.2 Å². The number of amides is 1. The summed E-state index contributed by atoms with van der Waals surface area (Å²) in [6.07, 6.45) is 2.34. The van der Waals surface area contributed by atoms with E-state index >= 15 is 0 Å². The van der Waals surface area contributed by atoms with Crippen molar-refractivity contribution >= 4 is 23.1 Å². The van der Waals surface area contributed by atoms with Gasteiger partial charge in [0.1, 0.15) is 0 Å². The molecular weight excluding hydrogens is 244 g/mol. The van der Waals surface area contributed by atoms with Crippen molar-refractivity contribution in [1.82, 2.24) is 15.0 Å². The maximum absolute atomic E-state index is 10.6. The molecule has 2 aromatic heterocycles. The molecule has 1 aromatic carbocycles. The monoisotopic (exact) mass is 254 g/mol. The summed E-state index contributed by atoms with van der Waals surface area (Å²) in [5.74, 6) is 0.214. The first-order chi connectivity index (χ1) is 9.22. The maximum atomic E-state index is 10.6. The minimum absolute atomic E-state index is 0.214. The molecule has 6 nitrogen and oxygen atoms in total. The number of pyridine rings is 1. The number of H-pyrrole nitrogens is 1. The molecule has 0 saturated carbocycles. The number of imidazole rings is 1. The highest BCUT2D eigenvalue weighted by atomic mass is 16.4. The van der Waals surface area contributed by atoms with Crippen LogP contribution in [-0.2, 0) is 0 Å². The van der Waals surface area contributed by atoms with Gasteiger partial charge >= 0.3 is 6.09 Å². The number of anilines is 1. The van der Waals surface area contributed by atoms with Crippen molar-refractivity contribution in [3.05, 3.63) is 42.7 Å². The minimum Gasteiger partial charge on any atom is -0.465 e. The van der Waals surface area contributed by atoms with E-state index < -0.39 is 6.09 Å². The number of hydrogen-bond donors (Lipinski definition) is 3. The predicted molar refractivity (Wildman–Crippen MR) is 71.0 cm³/mol. The smallest absolute Gasteiger partial charge is 0.411 e. The second-order valence-electron chi connectivity index (χ2n) is 3.99. The number of aromatic amines is 1. The highest BCUT2D eigenvalue weighted by molar-refractivity contribution is 5.87. The number of rotatable bonds is 2. The highest BCUT2D eigenvalue weighted by Gasteiger charge is 2.06. The molecule has 0 bridgehead atoms. The average molecular weight is 254 g/mol. The van der Waals surface area contributed by atoms with Gasteiger partial charge in [0.2, 0.25) is 5.95 Å². The molecule has 0 atom stereocenters. The molecule has 2 heterocycles. The summed E-state index contributed by atoms with van der Waals surface area (Å²) in [7, 11) is 0. The molecule has 19 heavy (non-hydrogen) atoms. The van der Waals surface area contributed by atoms with Crippen molar-refractivity contribution in [3.8, 4) is 11.1 Å². The Kier molecular flexibility index (Phi) is 2.60. The molecular formula is C13H10N4O2. The first kappa shape index (κ1) is 11.2. The van der Waals surface area contributed by atoms with Crippen LogP contribution in [0.4, 0.5) is 10.7 Å². The van der Waals surface area contributed by atoms with E-state index in [2.05, 4.69) is 20.3 Å². The summed E-state index contributed by atoms with van der Waals surface area (Å²) in [5.41, 5.74) is 3.46. The van der Waals surface area contributed by atoms with E-state index in [-0.39, 0.29) is 5.95 Å². The zero-order chi connectivity index (χ0) is 13.2. The summed E-state index contributed by atoms with van der Waals surface area (Å²) < 4.78 is 0. The molecule has 1 amide bonds. The number of carboxylic acid groups (broad SMARTS) is 1. The maximum Gasteiger partial charge on any atom is 0.411 e. The number of hydrogen-bond acceptors (Lipinski definition) is 3. The van der Waals surface area contributed by atoms with Crippen molar-refractivity contribution in [2.24, 2.45) is 0 Å². The van der Waals surface area contributed by atoms with Gasteiger partial charge in [-0.05, 0) is 23.8 Å². The second-order valence-corrected chi connectivity index (χ2v) is 3.99. The lowest BCUT2D eigenvalue weighted by Crippen LogP contribution is -2.08. The SMILES string of the molecule is O=C(O)Nc1nc2ccc(-c3cccnc3)cc2[nH]1. The van der Waals surface area contributed by atoms with Crippen molar-refractivity contribution in [3.63, 3.8) is 0 Å². The van der Waals surface area contributed by atoms with Crippen molar-refractivity contribution in [2.75, 3.05) is 5.32 Å². The van der Waals surface area contributed by atoms with Crippen molar-refractivity contribution in [1.29, 1.82) is 0 Å². The van der Waals surface area contributed by atoms with Gasteiger partial charge in [-0.1, -0.05) is 12.1 Å². The third kappa shape index (κ3) is 2.23. The fraction of sp³-hybridized carbons (Fsp3) is 0. The van der Waals surface area contributed by atoms with Crippen LogP contribution in [0.2, 0.25) is 0 Å². The van der Waals surface area contributed by atoms with Gasteiger partial charge in [-0.15, -0.1) is 0 Å². The number of aromatic nitrogens is 3. The largest absolute Gasteiger partial charge is 0.465 e. The second kappa shape index (κ2) is 4.41. The lowest BCUT2D eigenvalue weighted by Gasteiger charge is -1.99. The van der Waals surface area contributed by atoms with Gasteiger partial charge in [0.25, 0.3) is 0 Å². The molecule has 0 unspecified atom stereocenters. The summed E-state index contributed by atoms with van der Waals surface area (Å²) in [5, 5.41) is 10.8. The number of fused-ring (bicyclic) bond motifs is 1. The van der Waals surface area contributed by atoms with Gasteiger partial charge in [0.05, 0.1) is 11.0 Å². The average Bonchev–Trinajstić information content (AvgIpc) is 2.79. The highest BCUT2D eigenvalue weighted by Crippen LogP contribution is 2.23. The first-order valence-corrected chi connectivity index (χ1v) is 5.62. The van der Waals surface area contributed by atoms with E-state index in [0.29, 0.717) is 5.52 Å². The van der Waals surface area contributed by atoms with Crippen LogP contribution in [0.25, 0.3) is 22.2 Å². The van der Waals surface area contributed by atoms with Gasteiger partial charge in [-0.3, -0.25) is 10.3 Å². The van der Waals surface area contributed by atoms with Crippen LogP contribution < -0.4 is 5.32 Å². The predicted octanol–water partition coefficient (Wildman–Crippen LogP) is 2.71. The zero-order valence-corrected chi connectivity index (χ0v) is 9.79. The normalized spacial score (nSPS) is 10.5. The standard InChI is InChI=1S/C13H10N4O2/c18-13(19)17-12-15-10-4-3-8(6-11(10)16-12)9-2-1-5-14-7-9/h1-7H,(H,18,19)(H2,15,16,17). The van der Waals surface area contributed by atoms with E-state index in [4.69, 9.17) is 5.11 Å². The fourth-order valence-corrected chi connectivity index (χ4v) is 1.88. The molecule has 3 N–H and O–H groups in total. The number of nitrogens with one attached hydrogen (secondary N) is 2. The van der Waals surface area contributed by atoms with Gasteiger partial charge in [0.15, 0.2) is 0 Å². The summed E-state index contributed by atoms with van der Waals surface area (Å²) in [6.45, 7) is 0. The third-order valence-electron chi connectivity index (χ3n) is 2.70. The van der Waals surface area contributed by atoms with E-state index in [1.165, 1.54) is 0 Å². The molecule has 3 aromatic rings. The molecule has 0 radical (unpaired) electrons. The van der Waals surface area contributed by atoms with Gasteiger partial charge in [-0.2, -0.15) is 0 Å². The third-order valence-corrected chi connectivity index (χ3v) is 2.70. The van der Waals surface area contributed by atoms with E-state index in [9.17, 15) is 4.79 Å². The lowest BCUT2D eigenvalue weighted by molar-refractivity contribution is 0.209. The van der Waals surface area contributed by atoms with Crippen LogP contribution in [0.3, 0.4) is 0 Å². The Morgan fingerprint density at radius 2 is 2.16 bits per heavy atom. The molecule has 0 aliphatic carbocycles. The molecule has 0 saturated heterocycles. The Labute approximate surface area is 108 Å². The molecule has 0 fully saturated rings. The topological polar surface area (TPSA) is 90.9 Å². The fourth-order valence-electron chi connectivity index (χ4n) is 1.88. The van der Waals surface area contributed by atoms with Gasteiger partial charge < -0.3 is 10.1 Å². The zero-order valence-electron chi connectivity index (χ0n) is 9.79.